The fraction of sp³-hybridized carbons (Fsp3) is 1.00. The molecule has 0 atom stereocenters. The molecule has 2 aliphatic rings. The zero-order valence-corrected chi connectivity index (χ0v) is 10.1. The molecule has 0 aromatic rings. The standard InChI is InChI=1S/C14H27N/c1-2-5-9-13(8-4-1)12-15-14-10-6-3-7-11-14/h13-15H,1-12H2. The summed E-state index contributed by atoms with van der Waals surface area (Å²) in [5, 5.41) is 3.82. The predicted molar refractivity (Wildman–Crippen MR) is 66.1 cm³/mol. The van der Waals surface area contributed by atoms with Crippen molar-refractivity contribution in [2.24, 2.45) is 5.92 Å². The molecule has 2 rings (SSSR count). The monoisotopic (exact) mass is 209 g/mol. The van der Waals surface area contributed by atoms with Crippen molar-refractivity contribution in [3.63, 3.8) is 0 Å². The van der Waals surface area contributed by atoms with Gasteiger partial charge in [0.15, 0.2) is 0 Å². The summed E-state index contributed by atoms with van der Waals surface area (Å²) < 4.78 is 0. The molecule has 1 N–H and O–H groups in total. The Morgan fingerprint density at radius 2 is 1.20 bits per heavy atom. The molecule has 0 spiro atoms. The lowest BCUT2D eigenvalue weighted by Crippen LogP contribution is -2.34. The molecule has 2 saturated carbocycles. The largest absolute Gasteiger partial charge is 0.314 e. The summed E-state index contributed by atoms with van der Waals surface area (Å²) in [6.07, 6.45) is 16.2. The van der Waals surface area contributed by atoms with Crippen LogP contribution in [0.4, 0.5) is 0 Å². The maximum Gasteiger partial charge on any atom is 0.00671 e. The van der Waals surface area contributed by atoms with Gasteiger partial charge in [0, 0.05) is 6.04 Å². The van der Waals surface area contributed by atoms with Crippen LogP contribution in [-0.4, -0.2) is 12.6 Å². The molecule has 0 aromatic heterocycles. The molecule has 0 radical (unpaired) electrons. The topological polar surface area (TPSA) is 12.0 Å². The van der Waals surface area contributed by atoms with Crippen molar-refractivity contribution in [1.29, 1.82) is 0 Å². The average Bonchev–Trinajstić information content (AvgIpc) is 2.56. The SMILES string of the molecule is C1CCCC(CNC2CCCCC2)CC1. The summed E-state index contributed by atoms with van der Waals surface area (Å²) in [6.45, 7) is 1.31. The van der Waals surface area contributed by atoms with Crippen LogP contribution in [0.3, 0.4) is 0 Å². The van der Waals surface area contributed by atoms with Crippen molar-refractivity contribution in [3.8, 4) is 0 Å². The number of hydrogen-bond acceptors (Lipinski definition) is 1. The molecular formula is C14H27N. The lowest BCUT2D eigenvalue weighted by molar-refractivity contribution is 0.332. The van der Waals surface area contributed by atoms with Gasteiger partial charge in [0.25, 0.3) is 0 Å². The highest BCUT2D eigenvalue weighted by Gasteiger charge is 2.16. The molecular weight excluding hydrogens is 182 g/mol. The summed E-state index contributed by atoms with van der Waals surface area (Å²) in [6, 6.07) is 0.863. The van der Waals surface area contributed by atoms with Crippen LogP contribution in [-0.2, 0) is 0 Å². The van der Waals surface area contributed by atoms with Gasteiger partial charge >= 0.3 is 0 Å². The van der Waals surface area contributed by atoms with Gasteiger partial charge in [-0.15, -0.1) is 0 Å². The van der Waals surface area contributed by atoms with E-state index in [9.17, 15) is 0 Å². The lowest BCUT2D eigenvalue weighted by Gasteiger charge is -2.25. The van der Waals surface area contributed by atoms with Crippen molar-refractivity contribution >= 4 is 0 Å². The Morgan fingerprint density at radius 1 is 0.667 bits per heavy atom. The summed E-state index contributed by atoms with van der Waals surface area (Å²) in [4.78, 5) is 0. The highest BCUT2D eigenvalue weighted by atomic mass is 14.9. The number of rotatable bonds is 3. The molecule has 0 unspecified atom stereocenters. The Labute approximate surface area is 95.0 Å². The van der Waals surface area contributed by atoms with Crippen molar-refractivity contribution in [1.82, 2.24) is 5.32 Å². The highest BCUT2D eigenvalue weighted by molar-refractivity contribution is 4.74. The minimum atomic E-state index is 0.863. The molecule has 1 heteroatoms. The summed E-state index contributed by atoms with van der Waals surface area (Å²) in [5.74, 6) is 0.995. The van der Waals surface area contributed by atoms with E-state index in [0.29, 0.717) is 0 Å². The van der Waals surface area contributed by atoms with Crippen LogP contribution in [0.2, 0.25) is 0 Å². The first kappa shape index (κ1) is 11.4. The first-order valence-electron chi connectivity index (χ1n) is 7.18. The number of hydrogen-bond donors (Lipinski definition) is 1. The minimum Gasteiger partial charge on any atom is -0.314 e. The Hall–Kier alpha value is -0.0400. The number of nitrogens with one attached hydrogen (secondary N) is 1. The zero-order chi connectivity index (χ0) is 10.3. The Balaban J connectivity index is 1.62. The van der Waals surface area contributed by atoms with Crippen LogP contribution < -0.4 is 5.32 Å². The van der Waals surface area contributed by atoms with Gasteiger partial charge in [0.05, 0.1) is 0 Å². The van der Waals surface area contributed by atoms with Gasteiger partial charge in [-0.3, -0.25) is 0 Å². The minimum absolute atomic E-state index is 0.863. The third-order valence-electron chi connectivity index (χ3n) is 4.28. The second kappa shape index (κ2) is 6.52. The molecule has 1 nitrogen and oxygen atoms in total. The van der Waals surface area contributed by atoms with E-state index in [1.165, 1.54) is 77.2 Å². The smallest absolute Gasteiger partial charge is 0.00671 e. The van der Waals surface area contributed by atoms with E-state index in [1.54, 1.807) is 0 Å². The second-order valence-corrected chi connectivity index (χ2v) is 5.60. The van der Waals surface area contributed by atoms with Crippen LogP contribution in [0.15, 0.2) is 0 Å². The molecule has 0 saturated heterocycles. The van der Waals surface area contributed by atoms with E-state index in [-0.39, 0.29) is 0 Å². The van der Waals surface area contributed by atoms with E-state index < -0.39 is 0 Å². The molecule has 15 heavy (non-hydrogen) atoms. The van der Waals surface area contributed by atoms with Crippen LogP contribution in [0.1, 0.15) is 70.6 Å². The quantitative estimate of drug-likeness (QED) is 0.696. The van der Waals surface area contributed by atoms with Gasteiger partial charge < -0.3 is 5.32 Å². The highest BCUT2D eigenvalue weighted by Crippen LogP contribution is 2.23. The van der Waals surface area contributed by atoms with E-state index in [4.69, 9.17) is 0 Å². The van der Waals surface area contributed by atoms with E-state index in [1.807, 2.05) is 0 Å². The molecule has 2 fully saturated rings. The van der Waals surface area contributed by atoms with Crippen molar-refractivity contribution in [2.75, 3.05) is 6.54 Å². The van der Waals surface area contributed by atoms with Gasteiger partial charge in [0.1, 0.15) is 0 Å². The van der Waals surface area contributed by atoms with Crippen LogP contribution in [0.5, 0.6) is 0 Å². The molecule has 2 aliphatic carbocycles. The fourth-order valence-corrected chi connectivity index (χ4v) is 3.21. The molecule has 0 bridgehead atoms. The Morgan fingerprint density at radius 3 is 1.87 bits per heavy atom. The predicted octanol–water partition coefficient (Wildman–Crippen LogP) is 3.88. The molecule has 88 valence electrons. The first-order chi connectivity index (χ1) is 7.45. The van der Waals surface area contributed by atoms with E-state index in [0.717, 1.165) is 12.0 Å². The van der Waals surface area contributed by atoms with E-state index >= 15 is 0 Å². The summed E-state index contributed by atoms with van der Waals surface area (Å²) >= 11 is 0. The second-order valence-electron chi connectivity index (χ2n) is 5.60. The third-order valence-corrected chi connectivity index (χ3v) is 4.28. The van der Waals surface area contributed by atoms with Gasteiger partial charge in [0.2, 0.25) is 0 Å². The maximum atomic E-state index is 3.82. The first-order valence-corrected chi connectivity index (χ1v) is 7.18. The molecule has 0 amide bonds. The summed E-state index contributed by atoms with van der Waals surface area (Å²) in [7, 11) is 0. The normalized spacial score (nSPS) is 26.4. The lowest BCUT2D eigenvalue weighted by atomic mass is 9.94. The third kappa shape index (κ3) is 4.14. The van der Waals surface area contributed by atoms with Crippen molar-refractivity contribution in [3.05, 3.63) is 0 Å². The molecule has 0 aliphatic heterocycles. The van der Waals surface area contributed by atoms with Crippen LogP contribution >= 0.6 is 0 Å². The van der Waals surface area contributed by atoms with Crippen molar-refractivity contribution < 1.29 is 0 Å². The van der Waals surface area contributed by atoms with Gasteiger partial charge in [-0.2, -0.15) is 0 Å². The molecule has 0 aromatic carbocycles. The molecule has 0 heterocycles. The van der Waals surface area contributed by atoms with E-state index in [2.05, 4.69) is 5.32 Å². The van der Waals surface area contributed by atoms with Gasteiger partial charge in [-0.1, -0.05) is 44.9 Å². The van der Waals surface area contributed by atoms with Gasteiger partial charge in [-0.05, 0) is 38.1 Å². The maximum absolute atomic E-state index is 3.82. The van der Waals surface area contributed by atoms with Gasteiger partial charge in [-0.25, -0.2) is 0 Å². The summed E-state index contributed by atoms with van der Waals surface area (Å²) in [5.41, 5.74) is 0. The Bertz CT molecular complexity index is 153. The Kier molecular flexibility index (Phi) is 4.98. The van der Waals surface area contributed by atoms with Crippen LogP contribution in [0.25, 0.3) is 0 Å². The fourth-order valence-electron chi connectivity index (χ4n) is 3.21. The zero-order valence-electron chi connectivity index (χ0n) is 10.1. The van der Waals surface area contributed by atoms with Crippen molar-refractivity contribution in [2.45, 2.75) is 76.7 Å². The van der Waals surface area contributed by atoms with Crippen LogP contribution in [0, 0.1) is 5.92 Å². The average molecular weight is 209 g/mol.